The molecule has 0 aromatic carbocycles. The van der Waals surface area contributed by atoms with Gasteiger partial charge in [0.05, 0.1) is 5.69 Å². The third-order valence-electron chi connectivity index (χ3n) is 2.68. The predicted octanol–water partition coefficient (Wildman–Crippen LogP) is -0.0305. The molecule has 1 fully saturated rings. The molecule has 0 bridgehead atoms. The number of hydrogen-bond acceptors (Lipinski definition) is 5. The third-order valence-corrected chi connectivity index (χ3v) is 2.68. The van der Waals surface area contributed by atoms with Crippen LogP contribution in [0.4, 0.5) is 17.2 Å². The van der Waals surface area contributed by atoms with Crippen molar-refractivity contribution in [1.82, 2.24) is 4.73 Å². The predicted molar refractivity (Wildman–Crippen MR) is 57.7 cm³/mol. The van der Waals surface area contributed by atoms with Gasteiger partial charge in [0.1, 0.15) is 11.5 Å². The van der Waals surface area contributed by atoms with E-state index < -0.39 is 0 Å². The van der Waals surface area contributed by atoms with Crippen molar-refractivity contribution in [2.24, 2.45) is 0 Å². The Balaban J connectivity index is 2.55. The molecule has 0 unspecified atom stereocenters. The Kier molecular flexibility index (Phi) is 2.18. The van der Waals surface area contributed by atoms with Crippen LogP contribution in [0.25, 0.3) is 0 Å². The van der Waals surface area contributed by atoms with Gasteiger partial charge in [-0.2, -0.15) is 4.73 Å². The van der Waals surface area contributed by atoms with Crippen molar-refractivity contribution in [1.29, 1.82) is 5.41 Å². The van der Waals surface area contributed by atoms with E-state index in [2.05, 4.69) is 0 Å². The summed E-state index contributed by atoms with van der Waals surface area (Å²) >= 11 is 0. The summed E-state index contributed by atoms with van der Waals surface area (Å²) in [7, 11) is 0. The fourth-order valence-corrected chi connectivity index (χ4v) is 1.93. The van der Waals surface area contributed by atoms with Crippen LogP contribution in [-0.2, 0) is 0 Å². The van der Waals surface area contributed by atoms with Gasteiger partial charge in [0, 0.05) is 19.2 Å². The van der Waals surface area contributed by atoms with Crippen LogP contribution in [0.15, 0.2) is 6.07 Å². The molecule has 0 spiro atoms. The lowest BCUT2D eigenvalue weighted by molar-refractivity contribution is 0.177. The molecule has 1 aromatic heterocycles. The summed E-state index contributed by atoms with van der Waals surface area (Å²) < 4.78 is 0.657. The first-order valence-electron chi connectivity index (χ1n) is 4.91. The molecule has 82 valence electrons. The van der Waals surface area contributed by atoms with Crippen molar-refractivity contribution in [2.45, 2.75) is 12.8 Å². The first-order chi connectivity index (χ1) is 7.11. The summed E-state index contributed by atoms with van der Waals surface area (Å²) in [6.45, 7) is 1.75. The fourth-order valence-electron chi connectivity index (χ4n) is 1.93. The van der Waals surface area contributed by atoms with Crippen LogP contribution in [0.5, 0.6) is 0 Å². The lowest BCUT2D eigenvalue weighted by Gasteiger charge is -2.20. The van der Waals surface area contributed by atoms with E-state index in [0.717, 1.165) is 25.9 Å². The van der Waals surface area contributed by atoms with Crippen molar-refractivity contribution in [3.05, 3.63) is 11.6 Å². The molecule has 6 heteroatoms. The first-order valence-corrected chi connectivity index (χ1v) is 4.91. The van der Waals surface area contributed by atoms with E-state index in [1.54, 1.807) is 0 Å². The number of nitrogens with one attached hydrogen (secondary N) is 1. The Labute approximate surface area is 87.2 Å². The van der Waals surface area contributed by atoms with Crippen molar-refractivity contribution >= 4 is 17.2 Å². The number of aromatic nitrogens is 1. The number of pyridine rings is 1. The first kappa shape index (κ1) is 9.70. The Hall–Kier alpha value is -1.85. The molecule has 6 nitrogen and oxygen atoms in total. The Morgan fingerprint density at radius 1 is 1.27 bits per heavy atom. The second-order valence-electron chi connectivity index (χ2n) is 3.73. The zero-order valence-corrected chi connectivity index (χ0v) is 8.40. The molecule has 6 N–H and O–H groups in total. The standard InChI is InChI=1S/C9H15N5O/c10-6-5-7(11)14(15)9(12)8(6)13-3-1-2-4-13/h5,12,15H,1-4,10-11H2. The van der Waals surface area contributed by atoms with E-state index in [1.165, 1.54) is 6.07 Å². The van der Waals surface area contributed by atoms with Crippen LogP contribution in [0.1, 0.15) is 12.8 Å². The molecule has 2 heterocycles. The minimum Gasteiger partial charge on any atom is -0.425 e. The molecule has 1 aromatic rings. The van der Waals surface area contributed by atoms with Gasteiger partial charge < -0.3 is 21.6 Å². The summed E-state index contributed by atoms with van der Waals surface area (Å²) in [5.41, 5.74) is 12.3. The minimum atomic E-state index is -0.0469. The Bertz CT molecular complexity index is 433. The molecule has 0 amide bonds. The molecule has 0 radical (unpaired) electrons. The van der Waals surface area contributed by atoms with Crippen molar-refractivity contribution in [3.8, 4) is 0 Å². The molecule has 1 aliphatic rings. The molecule has 15 heavy (non-hydrogen) atoms. The van der Waals surface area contributed by atoms with Gasteiger partial charge in [-0.3, -0.25) is 5.41 Å². The van der Waals surface area contributed by atoms with Gasteiger partial charge in [-0.25, -0.2) is 0 Å². The van der Waals surface area contributed by atoms with Gasteiger partial charge in [-0.05, 0) is 12.8 Å². The molecule has 2 rings (SSSR count). The zero-order chi connectivity index (χ0) is 11.0. The summed E-state index contributed by atoms with van der Waals surface area (Å²) in [5.74, 6) is 0.0837. The minimum absolute atomic E-state index is 0.0469. The van der Waals surface area contributed by atoms with Crippen LogP contribution in [0.3, 0.4) is 0 Å². The van der Waals surface area contributed by atoms with Gasteiger partial charge in [-0.15, -0.1) is 0 Å². The van der Waals surface area contributed by atoms with E-state index in [0.29, 0.717) is 16.1 Å². The van der Waals surface area contributed by atoms with Crippen molar-refractivity contribution < 1.29 is 5.21 Å². The molecular weight excluding hydrogens is 194 g/mol. The highest BCUT2D eigenvalue weighted by atomic mass is 16.5. The van der Waals surface area contributed by atoms with Crippen molar-refractivity contribution in [3.63, 3.8) is 0 Å². The molecule has 0 atom stereocenters. The molecule has 1 aliphatic heterocycles. The van der Waals surface area contributed by atoms with Crippen LogP contribution < -0.4 is 21.9 Å². The maximum absolute atomic E-state index is 9.49. The van der Waals surface area contributed by atoms with Gasteiger partial charge in [-0.1, -0.05) is 0 Å². The monoisotopic (exact) mass is 209 g/mol. The average molecular weight is 209 g/mol. The van der Waals surface area contributed by atoms with E-state index in [-0.39, 0.29) is 11.3 Å². The number of nitrogen functional groups attached to an aromatic ring is 2. The topological polar surface area (TPSA) is 104 Å². The zero-order valence-electron chi connectivity index (χ0n) is 8.40. The SMILES string of the molecule is N=c1c(N2CCCC2)c(N)cc(N)n1O. The lowest BCUT2D eigenvalue weighted by Crippen LogP contribution is -2.31. The number of nitrogens with zero attached hydrogens (tertiary/aromatic N) is 2. The number of anilines is 3. The molecule has 0 aliphatic carbocycles. The fraction of sp³-hybridized carbons (Fsp3) is 0.444. The van der Waals surface area contributed by atoms with Crippen LogP contribution in [-0.4, -0.2) is 23.0 Å². The second-order valence-corrected chi connectivity index (χ2v) is 3.73. The maximum Gasteiger partial charge on any atom is 0.188 e. The average Bonchev–Trinajstić information content (AvgIpc) is 2.68. The van der Waals surface area contributed by atoms with Gasteiger partial charge >= 0.3 is 0 Å². The van der Waals surface area contributed by atoms with Crippen LogP contribution in [0.2, 0.25) is 0 Å². The summed E-state index contributed by atoms with van der Waals surface area (Å²) in [6.07, 6.45) is 2.18. The van der Waals surface area contributed by atoms with E-state index in [9.17, 15) is 5.21 Å². The Morgan fingerprint density at radius 2 is 1.87 bits per heavy atom. The van der Waals surface area contributed by atoms with Gasteiger partial charge in [0.2, 0.25) is 0 Å². The van der Waals surface area contributed by atoms with E-state index >= 15 is 0 Å². The summed E-state index contributed by atoms with van der Waals surface area (Å²) in [6, 6.07) is 1.48. The Morgan fingerprint density at radius 3 is 2.47 bits per heavy atom. The van der Waals surface area contributed by atoms with Crippen LogP contribution in [0, 0.1) is 5.41 Å². The van der Waals surface area contributed by atoms with Gasteiger partial charge in [0.15, 0.2) is 5.49 Å². The summed E-state index contributed by atoms with van der Waals surface area (Å²) in [4.78, 5) is 2.00. The highest BCUT2D eigenvalue weighted by Crippen LogP contribution is 2.23. The molecule has 1 saturated heterocycles. The molecular formula is C9H15N5O. The second kappa shape index (κ2) is 3.38. The van der Waals surface area contributed by atoms with Gasteiger partial charge in [0.25, 0.3) is 0 Å². The molecule has 0 saturated carbocycles. The number of nitrogens with two attached hydrogens (primary N) is 2. The number of rotatable bonds is 1. The maximum atomic E-state index is 9.49. The number of hydrogen-bond donors (Lipinski definition) is 4. The van der Waals surface area contributed by atoms with E-state index in [4.69, 9.17) is 16.9 Å². The quantitative estimate of drug-likeness (QED) is 0.487. The highest BCUT2D eigenvalue weighted by Gasteiger charge is 2.18. The largest absolute Gasteiger partial charge is 0.425 e. The lowest BCUT2D eigenvalue weighted by atomic mass is 10.3. The highest BCUT2D eigenvalue weighted by molar-refractivity contribution is 5.69. The normalized spacial score (nSPS) is 15.9. The smallest absolute Gasteiger partial charge is 0.188 e. The van der Waals surface area contributed by atoms with Crippen LogP contribution >= 0.6 is 0 Å². The van der Waals surface area contributed by atoms with Crippen molar-refractivity contribution in [2.75, 3.05) is 29.5 Å². The summed E-state index contributed by atoms with van der Waals surface area (Å²) in [5, 5.41) is 17.2. The van der Waals surface area contributed by atoms with E-state index in [1.807, 2.05) is 4.90 Å². The third kappa shape index (κ3) is 1.47.